The van der Waals surface area contributed by atoms with Crippen LogP contribution >= 0.6 is 70.5 Å². The van der Waals surface area contributed by atoms with Gasteiger partial charge in [0.2, 0.25) is 0 Å². The maximum Gasteiger partial charge on any atom is 0.283 e. The predicted octanol–water partition coefficient (Wildman–Crippen LogP) is 8.11. The molecule has 0 aromatic heterocycles. The average Bonchev–Trinajstić information content (AvgIpc) is 3.03. The lowest BCUT2D eigenvalue weighted by Crippen LogP contribution is -2.27. The van der Waals surface area contributed by atoms with E-state index in [9.17, 15) is 14.9 Å². The van der Waals surface area contributed by atoms with Crippen molar-refractivity contribution < 1.29 is 9.72 Å². The Kier molecular flexibility index (Phi) is 7.33. The summed E-state index contributed by atoms with van der Waals surface area (Å²) in [6.07, 6.45) is 1.58. The molecule has 1 aliphatic heterocycles. The lowest BCUT2D eigenvalue weighted by molar-refractivity contribution is -0.387. The Morgan fingerprint density at radius 2 is 1.70 bits per heavy atom. The maximum atomic E-state index is 13.0. The van der Waals surface area contributed by atoms with Crippen LogP contribution in [0.1, 0.15) is 5.56 Å². The van der Waals surface area contributed by atoms with Gasteiger partial charge in [-0.15, -0.1) is 0 Å². The van der Waals surface area contributed by atoms with Crippen molar-refractivity contribution in [1.29, 1.82) is 0 Å². The minimum Gasteiger partial charge on any atom is -0.268 e. The maximum absolute atomic E-state index is 13.0. The van der Waals surface area contributed by atoms with Gasteiger partial charge in [0.15, 0.2) is 4.32 Å². The first-order valence-corrected chi connectivity index (χ1v) is 12.4. The van der Waals surface area contributed by atoms with Crippen LogP contribution in [-0.4, -0.2) is 15.2 Å². The summed E-state index contributed by atoms with van der Waals surface area (Å²) < 4.78 is 0.305. The topological polar surface area (TPSA) is 63.4 Å². The second-order valence-electron chi connectivity index (χ2n) is 6.65. The molecule has 1 heterocycles. The van der Waals surface area contributed by atoms with Gasteiger partial charge >= 0.3 is 0 Å². The predicted molar refractivity (Wildman–Crippen MR) is 141 cm³/mol. The smallest absolute Gasteiger partial charge is 0.268 e. The number of rotatable bonds is 5. The molecule has 0 unspecified atom stereocenters. The third-order valence-electron chi connectivity index (χ3n) is 4.46. The minimum absolute atomic E-state index is 0.0695. The van der Waals surface area contributed by atoms with E-state index in [1.807, 2.05) is 0 Å². The van der Waals surface area contributed by atoms with Crippen LogP contribution in [0, 0.1) is 10.1 Å². The molecule has 0 aliphatic carbocycles. The second-order valence-corrected chi connectivity index (χ2v) is 10.7. The normalized spacial score (nSPS) is 14.9. The van der Waals surface area contributed by atoms with Crippen LogP contribution in [0.3, 0.4) is 0 Å². The van der Waals surface area contributed by atoms with Crippen molar-refractivity contribution in [3.05, 3.63) is 96.3 Å². The summed E-state index contributed by atoms with van der Waals surface area (Å²) in [5, 5.41) is 13.0. The summed E-state index contributed by atoms with van der Waals surface area (Å²) in [6, 6.07) is 16.6. The molecule has 0 saturated carbocycles. The van der Waals surface area contributed by atoms with Crippen LogP contribution in [0.5, 0.6) is 0 Å². The van der Waals surface area contributed by atoms with Crippen LogP contribution in [0.4, 0.5) is 11.4 Å². The Morgan fingerprint density at radius 1 is 1.00 bits per heavy atom. The average molecular weight is 554 g/mol. The van der Waals surface area contributed by atoms with Crippen LogP contribution in [0.25, 0.3) is 6.08 Å². The molecule has 3 aromatic carbocycles. The monoisotopic (exact) mass is 552 g/mol. The molecule has 5 nitrogen and oxygen atoms in total. The molecule has 0 N–H and O–H groups in total. The number of thiocarbonyl (C=S) groups is 1. The van der Waals surface area contributed by atoms with Gasteiger partial charge < -0.3 is 0 Å². The molecule has 4 rings (SSSR count). The van der Waals surface area contributed by atoms with Crippen molar-refractivity contribution in [2.45, 2.75) is 9.79 Å². The number of nitro groups is 1. The fourth-order valence-corrected chi connectivity index (χ4v) is 5.78. The van der Waals surface area contributed by atoms with Gasteiger partial charge in [-0.2, -0.15) is 0 Å². The highest BCUT2D eigenvalue weighted by Gasteiger charge is 2.34. The summed E-state index contributed by atoms with van der Waals surface area (Å²) in [6.45, 7) is 0. The van der Waals surface area contributed by atoms with Crippen molar-refractivity contribution in [1.82, 2.24) is 0 Å². The number of amides is 1. The van der Waals surface area contributed by atoms with E-state index in [-0.39, 0.29) is 11.6 Å². The van der Waals surface area contributed by atoms with E-state index >= 15 is 0 Å². The molecule has 166 valence electrons. The van der Waals surface area contributed by atoms with Gasteiger partial charge in [-0.05, 0) is 60.2 Å². The zero-order chi connectivity index (χ0) is 23.7. The van der Waals surface area contributed by atoms with E-state index in [4.69, 9.17) is 47.0 Å². The summed E-state index contributed by atoms with van der Waals surface area (Å²) in [5.41, 5.74) is 0.859. The summed E-state index contributed by atoms with van der Waals surface area (Å²) in [5.74, 6) is -0.364. The number of carbonyl (C=O) groups excluding carboxylic acids is 1. The molecule has 1 amide bonds. The molecular weight excluding hydrogens is 543 g/mol. The number of halogens is 3. The van der Waals surface area contributed by atoms with Gasteiger partial charge in [0.1, 0.15) is 0 Å². The first-order chi connectivity index (χ1) is 15.7. The molecule has 0 spiro atoms. The van der Waals surface area contributed by atoms with E-state index in [2.05, 4.69) is 0 Å². The van der Waals surface area contributed by atoms with E-state index in [0.29, 0.717) is 40.4 Å². The number of thioether (sulfide) groups is 1. The van der Waals surface area contributed by atoms with Crippen LogP contribution in [0.2, 0.25) is 15.1 Å². The van der Waals surface area contributed by atoms with Crippen LogP contribution in [-0.2, 0) is 4.79 Å². The Bertz CT molecular complexity index is 1330. The lowest BCUT2D eigenvalue weighted by Gasteiger charge is -2.16. The zero-order valence-electron chi connectivity index (χ0n) is 16.3. The van der Waals surface area contributed by atoms with Crippen molar-refractivity contribution in [3.63, 3.8) is 0 Å². The quantitative estimate of drug-likeness (QED) is 0.138. The second kappa shape index (κ2) is 10.0. The summed E-state index contributed by atoms with van der Waals surface area (Å²) >= 11 is 25.8. The molecule has 33 heavy (non-hydrogen) atoms. The van der Waals surface area contributed by atoms with Crippen molar-refractivity contribution in [2.75, 3.05) is 4.90 Å². The highest BCUT2D eigenvalue weighted by Crippen LogP contribution is 2.41. The number of nitrogens with zero attached hydrogens (tertiary/aromatic N) is 2. The van der Waals surface area contributed by atoms with E-state index in [1.165, 1.54) is 28.8 Å². The molecule has 3 aromatic rings. The minimum atomic E-state index is -0.450. The van der Waals surface area contributed by atoms with Crippen LogP contribution in [0.15, 0.2) is 75.4 Å². The number of hydrogen-bond acceptors (Lipinski definition) is 6. The van der Waals surface area contributed by atoms with Gasteiger partial charge in [-0.3, -0.25) is 19.8 Å². The van der Waals surface area contributed by atoms with E-state index in [1.54, 1.807) is 54.6 Å². The third kappa shape index (κ3) is 5.37. The molecule has 0 atom stereocenters. The van der Waals surface area contributed by atoms with E-state index in [0.717, 1.165) is 16.7 Å². The lowest BCUT2D eigenvalue weighted by atomic mass is 10.2. The molecule has 1 saturated heterocycles. The number of nitro benzene ring substituents is 1. The highest BCUT2D eigenvalue weighted by atomic mass is 35.5. The van der Waals surface area contributed by atoms with Crippen molar-refractivity contribution in [2.24, 2.45) is 0 Å². The van der Waals surface area contributed by atoms with Gasteiger partial charge in [-0.25, -0.2) is 0 Å². The van der Waals surface area contributed by atoms with Gasteiger partial charge in [0.05, 0.1) is 25.4 Å². The molecule has 11 heteroatoms. The van der Waals surface area contributed by atoms with Crippen molar-refractivity contribution in [3.8, 4) is 0 Å². The summed E-state index contributed by atoms with van der Waals surface area (Å²) in [4.78, 5) is 27.2. The zero-order valence-corrected chi connectivity index (χ0v) is 21.0. The molecule has 0 radical (unpaired) electrons. The van der Waals surface area contributed by atoms with Crippen LogP contribution < -0.4 is 4.90 Å². The molecular formula is C22H11Cl3N2O3S3. The fourth-order valence-electron chi connectivity index (χ4n) is 2.97. The highest BCUT2D eigenvalue weighted by molar-refractivity contribution is 8.27. The SMILES string of the molecule is O=C1C(=Cc2ccc(Sc3ccc(Cl)cc3)c([N+](=O)[O-])c2)SC(=S)N1c1ccc(Cl)cc1Cl. The number of hydrogen-bond donors (Lipinski definition) is 0. The molecule has 1 fully saturated rings. The number of carbonyl (C=O) groups is 1. The molecule has 0 bridgehead atoms. The fraction of sp³-hybridized carbons (Fsp3) is 0. The Labute approximate surface area is 217 Å². The summed E-state index contributed by atoms with van der Waals surface area (Å²) in [7, 11) is 0. The first kappa shape index (κ1) is 24.1. The van der Waals surface area contributed by atoms with Gasteiger partial charge in [0.25, 0.3) is 11.6 Å². The number of benzene rings is 3. The Morgan fingerprint density at radius 3 is 2.36 bits per heavy atom. The Balaban J connectivity index is 1.64. The van der Waals surface area contributed by atoms with Gasteiger partial charge in [-0.1, -0.05) is 76.6 Å². The molecule has 1 aliphatic rings. The van der Waals surface area contributed by atoms with Gasteiger partial charge in [0, 0.05) is 21.0 Å². The Hall–Kier alpha value is -2.07. The standard InChI is InChI=1S/C22H11Cl3N2O3S3/c23-13-2-5-15(6-3-13)32-19-8-1-12(9-18(19)27(29)30)10-20-21(28)26(22(31)33-20)17-7-4-14(24)11-16(17)25/h1-11H. The van der Waals surface area contributed by atoms with Crippen molar-refractivity contribution >= 4 is 98.2 Å². The first-order valence-electron chi connectivity index (χ1n) is 9.18. The third-order valence-corrected chi connectivity index (χ3v) is 7.63. The largest absolute Gasteiger partial charge is 0.283 e. The van der Waals surface area contributed by atoms with E-state index < -0.39 is 4.92 Å². The number of anilines is 1.